The Labute approximate surface area is 256 Å². The molecule has 8 heteroatoms. The lowest BCUT2D eigenvalue weighted by Gasteiger charge is -2.27. The van der Waals surface area contributed by atoms with Crippen molar-refractivity contribution in [3.05, 3.63) is 70.8 Å². The van der Waals surface area contributed by atoms with Gasteiger partial charge in [-0.05, 0) is 75.6 Å². The van der Waals surface area contributed by atoms with Gasteiger partial charge in [0.25, 0.3) is 0 Å². The quantitative estimate of drug-likeness (QED) is 0.122. The minimum absolute atomic E-state index is 0.271. The number of carboxylic acid groups (broad SMARTS) is 2. The molecule has 2 aliphatic carbocycles. The lowest BCUT2D eigenvalue weighted by atomic mass is 9.80. The second-order valence-electron chi connectivity index (χ2n) is 12.1. The number of aryl methyl sites for hydroxylation is 2. The zero-order valence-corrected chi connectivity index (χ0v) is 25.5. The van der Waals surface area contributed by atoms with E-state index in [1.165, 1.54) is 0 Å². The molecule has 5 rings (SSSR count). The molecule has 0 bridgehead atoms. The van der Waals surface area contributed by atoms with Gasteiger partial charge in [0.05, 0.1) is 23.7 Å². The number of hydrogen-bond acceptors (Lipinski definition) is 6. The number of allylic oxidation sites excluding steroid dienone is 4. The summed E-state index contributed by atoms with van der Waals surface area (Å²) in [6.07, 6.45) is 6.27. The van der Waals surface area contributed by atoms with Crippen LogP contribution >= 0.6 is 0 Å². The van der Waals surface area contributed by atoms with Crippen LogP contribution < -0.4 is 9.47 Å². The molecular weight excluding hydrogens is 560 g/mol. The molecule has 0 aliphatic heterocycles. The van der Waals surface area contributed by atoms with Crippen LogP contribution in [-0.4, -0.2) is 34.1 Å². The van der Waals surface area contributed by atoms with Gasteiger partial charge in [0.2, 0.25) is 0 Å². The van der Waals surface area contributed by atoms with E-state index in [1.54, 1.807) is 0 Å². The van der Waals surface area contributed by atoms with Crippen molar-refractivity contribution in [3.8, 4) is 11.5 Å². The maximum absolute atomic E-state index is 13.7. The first-order chi connectivity index (χ1) is 21.0. The molecular formula is C36H38O8. The zero-order valence-electron chi connectivity index (χ0n) is 25.5. The number of ether oxygens (including phenoxy) is 2. The molecule has 0 amide bonds. The highest BCUT2D eigenvalue weighted by Gasteiger charge is 2.39. The van der Waals surface area contributed by atoms with Crippen LogP contribution in [0.5, 0.6) is 11.5 Å². The molecule has 44 heavy (non-hydrogen) atoms. The van der Waals surface area contributed by atoms with Crippen molar-refractivity contribution in [2.24, 2.45) is 23.7 Å². The summed E-state index contributed by atoms with van der Waals surface area (Å²) >= 11 is 0. The van der Waals surface area contributed by atoms with Gasteiger partial charge in [-0.15, -0.1) is 0 Å². The summed E-state index contributed by atoms with van der Waals surface area (Å²) in [4.78, 5) is 51.5. The Bertz CT molecular complexity index is 1600. The van der Waals surface area contributed by atoms with Gasteiger partial charge < -0.3 is 19.7 Å². The van der Waals surface area contributed by atoms with Crippen LogP contribution in [0.4, 0.5) is 0 Å². The van der Waals surface area contributed by atoms with E-state index in [9.17, 15) is 29.4 Å². The molecule has 0 heterocycles. The molecule has 0 saturated carbocycles. The molecule has 4 atom stereocenters. The third kappa shape index (κ3) is 5.98. The Morgan fingerprint density at radius 2 is 1.02 bits per heavy atom. The summed E-state index contributed by atoms with van der Waals surface area (Å²) in [5.74, 6) is -6.23. The molecule has 0 aromatic heterocycles. The number of carbonyl (C=O) groups is 4. The molecule has 2 N–H and O–H groups in total. The number of fused-ring (bicyclic) bond motifs is 2. The molecule has 4 unspecified atom stereocenters. The molecule has 3 aromatic rings. The minimum Gasteiger partial charge on any atom is -0.481 e. The van der Waals surface area contributed by atoms with Gasteiger partial charge in [0.1, 0.15) is 11.5 Å². The fraction of sp³-hybridized carbons (Fsp3) is 0.389. The van der Waals surface area contributed by atoms with E-state index in [4.69, 9.17) is 9.47 Å². The Kier molecular flexibility index (Phi) is 8.90. The lowest BCUT2D eigenvalue weighted by Crippen LogP contribution is -2.35. The van der Waals surface area contributed by atoms with Crippen LogP contribution in [0.3, 0.4) is 0 Å². The van der Waals surface area contributed by atoms with Crippen molar-refractivity contribution >= 4 is 45.4 Å². The largest absolute Gasteiger partial charge is 0.481 e. The number of carboxylic acids is 2. The van der Waals surface area contributed by atoms with E-state index in [0.29, 0.717) is 34.4 Å². The first-order valence-electron chi connectivity index (χ1n) is 15.2. The summed E-state index contributed by atoms with van der Waals surface area (Å²) in [7, 11) is 0. The van der Waals surface area contributed by atoms with Crippen molar-refractivity contribution in [1.82, 2.24) is 0 Å². The van der Waals surface area contributed by atoms with E-state index in [1.807, 2.05) is 76.2 Å². The number of hydrogen-bond donors (Lipinski definition) is 2. The monoisotopic (exact) mass is 598 g/mol. The highest BCUT2D eigenvalue weighted by molar-refractivity contribution is 6.13. The highest BCUT2D eigenvalue weighted by atomic mass is 16.5. The van der Waals surface area contributed by atoms with Crippen LogP contribution in [0, 0.1) is 23.7 Å². The Morgan fingerprint density at radius 3 is 1.36 bits per heavy atom. The fourth-order valence-electron chi connectivity index (χ4n) is 6.43. The van der Waals surface area contributed by atoms with E-state index in [2.05, 4.69) is 0 Å². The van der Waals surface area contributed by atoms with Gasteiger partial charge in [-0.2, -0.15) is 0 Å². The average Bonchev–Trinajstić information content (AvgIpc) is 3.01. The van der Waals surface area contributed by atoms with Crippen molar-refractivity contribution in [3.63, 3.8) is 0 Å². The standard InChI is InChI=1S/C36H38O8/c1-5-21-9-13-23-27(17-21)31(43-35(41)25-11-7-19(3)15-29(25)33(37)38)24-14-10-22(6-2)18-28(24)32(23)44-36(42)26-12-8-20(4)16-30(26)34(39)40/h7-10,13-14,17-18,25-26,29-30H,5-6,11-12,15-16H2,1-4H3,(H,37,38)(H,39,40). The third-order valence-corrected chi connectivity index (χ3v) is 9.10. The van der Waals surface area contributed by atoms with Gasteiger partial charge in [-0.1, -0.05) is 61.4 Å². The van der Waals surface area contributed by atoms with Crippen molar-refractivity contribution < 1.29 is 38.9 Å². The molecule has 0 radical (unpaired) electrons. The predicted octanol–water partition coefficient (Wildman–Crippen LogP) is 7.04. The van der Waals surface area contributed by atoms with Gasteiger partial charge in [-0.3, -0.25) is 19.2 Å². The number of aliphatic carboxylic acids is 2. The van der Waals surface area contributed by atoms with E-state index >= 15 is 0 Å². The Hall–Kier alpha value is -4.46. The SMILES string of the molecule is CCc1ccc2c(OC(=O)C3CC=C(C)CC3C(=O)O)c3cc(CC)ccc3c(OC(=O)C3CC=C(C)CC3C(=O)O)c2c1. The van der Waals surface area contributed by atoms with E-state index in [0.717, 1.165) is 22.3 Å². The summed E-state index contributed by atoms with van der Waals surface area (Å²) in [6.45, 7) is 7.72. The first-order valence-corrected chi connectivity index (χ1v) is 15.2. The summed E-state index contributed by atoms with van der Waals surface area (Å²) in [5, 5.41) is 22.0. The maximum Gasteiger partial charge on any atom is 0.315 e. The van der Waals surface area contributed by atoms with Crippen molar-refractivity contribution in [2.45, 2.75) is 66.2 Å². The molecule has 2 aliphatic rings. The Balaban J connectivity index is 1.66. The number of carbonyl (C=O) groups excluding carboxylic acids is 2. The van der Waals surface area contributed by atoms with E-state index < -0.39 is 47.5 Å². The average molecular weight is 599 g/mol. The molecule has 0 saturated heterocycles. The molecule has 230 valence electrons. The van der Waals surface area contributed by atoms with Gasteiger partial charge in [0.15, 0.2) is 0 Å². The van der Waals surface area contributed by atoms with Crippen LogP contribution in [0.15, 0.2) is 59.7 Å². The number of esters is 2. The van der Waals surface area contributed by atoms with Crippen LogP contribution in [0.25, 0.3) is 21.5 Å². The number of rotatable bonds is 8. The maximum atomic E-state index is 13.7. The van der Waals surface area contributed by atoms with Crippen LogP contribution in [-0.2, 0) is 32.0 Å². The molecule has 8 nitrogen and oxygen atoms in total. The fourth-order valence-corrected chi connectivity index (χ4v) is 6.43. The smallest absolute Gasteiger partial charge is 0.315 e. The zero-order chi connectivity index (χ0) is 31.7. The molecule has 0 spiro atoms. The summed E-state index contributed by atoms with van der Waals surface area (Å²) in [6, 6.07) is 11.3. The lowest BCUT2D eigenvalue weighted by molar-refractivity contribution is -0.152. The third-order valence-electron chi connectivity index (χ3n) is 9.10. The summed E-state index contributed by atoms with van der Waals surface area (Å²) < 4.78 is 12.3. The van der Waals surface area contributed by atoms with Crippen LogP contribution in [0.2, 0.25) is 0 Å². The normalized spacial score (nSPS) is 21.8. The highest BCUT2D eigenvalue weighted by Crippen LogP contribution is 2.45. The predicted molar refractivity (Wildman–Crippen MR) is 167 cm³/mol. The number of benzene rings is 3. The molecule has 3 aromatic carbocycles. The van der Waals surface area contributed by atoms with Gasteiger partial charge in [0, 0.05) is 21.5 Å². The Morgan fingerprint density at radius 1 is 0.636 bits per heavy atom. The van der Waals surface area contributed by atoms with E-state index in [-0.39, 0.29) is 37.2 Å². The van der Waals surface area contributed by atoms with Crippen LogP contribution in [0.1, 0.15) is 64.5 Å². The second-order valence-corrected chi connectivity index (χ2v) is 12.1. The molecule has 0 fully saturated rings. The topological polar surface area (TPSA) is 127 Å². The minimum atomic E-state index is -1.04. The summed E-state index contributed by atoms with van der Waals surface area (Å²) in [5.41, 5.74) is 3.79. The second kappa shape index (κ2) is 12.6. The first kappa shape index (κ1) is 31.0. The van der Waals surface area contributed by atoms with Gasteiger partial charge >= 0.3 is 23.9 Å². The van der Waals surface area contributed by atoms with Crippen molar-refractivity contribution in [2.75, 3.05) is 0 Å². The van der Waals surface area contributed by atoms with Crippen molar-refractivity contribution in [1.29, 1.82) is 0 Å². The van der Waals surface area contributed by atoms with Gasteiger partial charge in [-0.25, -0.2) is 0 Å².